The number of halogens is 1. The minimum atomic E-state index is -0.117. The average molecular weight is 394 g/mol. The molecule has 0 atom stereocenters. The zero-order valence-corrected chi connectivity index (χ0v) is 15.9. The van der Waals surface area contributed by atoms with Crippen molar-refractivity contribution in [2.45, 2.75) is 31.7 Å². The summed E-state index contributed by atoms with van der Waals surface area (Å²) in [4.78, 5) is 26.4. The standard InChI is InChI=1S/C19H24ClN3O4/c20-14-9-16-17(27-8-7-26-16)10-15(14)22-18(24)11-23-5-3-13(4-6-23)21-19(25)12-1-2-12/h9-10,12-13H,1-8,11H2,(H,21,25)(H,22,24). The molecule has 0 unspecified atom stereocenters. The van der Waals surface area contributed by atoms with Crippen molar-refractivity contribution in [1.82, 2.24) is 10.2 Å². The van der Waals surface area contributed by atoms with Crippen LogP contribution in [0.4, 0.5) is 5.69 Å². The maximum Gasteiger partial charge on any atom is 0.238 e. The minimum Gasteiger partial charge on any atom is -0.486 e. The molecule has 0 radical (unpaired) electrons. The number of nitrogens with zero attached hydrogens (tertiary/aromatic N) is 1. The Bertz CT molecular complexity index is 730. The van der Waals surface area contributed by atoms with E-state index in [1.54, 1.807) is 12.1 Å². The van der Waals surface area contributed by atoms with Gasteiger partial charge in [-0.05, 0) is 25.7 Å². The molecule has 0 aromatic heterocycles. The number of fused-ring (bicyclic) bond motifs is 1. The molecule has 4 rings (SSSR count). The topological polar surface area (TPSA) is 79.9 Å². The number of ether oxygens (including phenoxy) is 2. The normalized spacial score (nSPS) is 20.2. The quantitative estimate of drug-likeness (QED) is 0.800. The van der Waals surface area contributed by atoms with Crippen LogP contribution in [-0.4, -0.2) is 55.6 Å². The zero-order valence-electron chi connectivity index (χ0n) is 15.1. The Morgan fingerprint density at radius 2 is 1.74 bits per heavy atom. The van der Waals surface area contributed by atoms with E-state index in [2.05, 4.69) is 15.5 Å². The molecule has 0 bridgehead atoms. The highest BCUT2D eigenvalue weighted by Crippen LogP contribution is 2.38. The summed E-state index contributed by atoms with van der Waals surface area (Å²) in [6, 6.07) is 3.60. The predicted octanol–water partition coefficient (Wildman–Crippen LogP) is 2.04. The van der Waals surface area contributed by atoms with E-state index in [4.69, 9.17) is 21.1 Å². The Hall–Kier alpha value is -1.99. The fourth-order valence-electron chi connectivity index (χ4n) is 3.45. The van der Waals surface area contributed by atoms with Gasteiger partial charge < -0.3 is 20.1 Å². The van der Waals surface area contributed by atoms with Gasteiger partial charge in [0.15, 0.2) is 11.5 Å². The number of carbonyl (C=O) groups excluding carboxylic acids is 2. The van der Waals surface area contributed by atoms with E-state index >= 15 is 0 Å². The lowest BCUT2D eigenvalue weighted by Crippen LogP contribution is -2.46. The van der Waals surface area contributed by atoms with Gasteiger partial charge in [0.05, 0.1) is 17.3 Å². The summed E-state index contributed by atoms with van der Waals surface area (Å²) in [6.07, 6.45) is 3.79. The molecule has 2 fully saturated rings. The molecular formula is C19H24ClN3O4. The van der Waals surface area contributed by atoms with Crippen molar-refractivity contribution in [3.63, 3.8) is 0 Å². The van der Waals surface area contributed by atoms with E-state index in [1.165, 1.54) is 0 Å². The number of hydrogen-bond acceptors (Lipinski definition) is 5. The van der Waals surface area contributed by atoms with Crippen molar-refractivity contribution in [3.8, 4) is 11.5 Å². The van der Waals surface area contributed by atoms with Gasteiger partial charge in [-0.15, -0.1) is 0 Å². The first-order chi connectivity index (χ1) is 13.1. The van der Waals surface area contributed by atoms with E-state index in [9.17, 15) is 9.59 Å². The first-order valence-electron chi connectivity index (χ1n) is 9.50. The van der Waals surface area contributed by atoms with Crippen LogP contribution in [0.3, 0.4) is 0 Å². The van der Waals surface area contributed by atoms with Gasteiger partial charge >= 0.3 is 0 Å². The molecule has 1 aliphatic carbocycles. The number of anilines is 1. The van der Waals surface area contributed by atoms with Crippen LogP contribution in [-0.2, 0) is 9.59 Å². The molecule has 1 saturated carbocycles. The van der Waals surface area contributed by atoms with Gasteiger partial charge in [0.25, 0.3) is 0 Å². The van der Waals surface area contributed by atoms with Crippen LogP contribution >= 0.6 is 11.6 Å². The number of hydrogen-bond donors (Lipinski definition) is 2. The number of benzene rings is 1. The predicted molar refractivity (Wildman–Crippen MR) is 101 cm³/mol. The third-order valence-electron chi connectivity index (χ3n) is 5.16. The van der Waals surface area contributed by atoms with Crippen LogP contribution in [0.25, 0.3) is 0 Å². The Morgan fingerprint density at radius 1 is 1.07 bits per heavy atom. The van der Waals surface area contributed by atoms with Crippen molar-refractivity contribution in [2.75, 3.05) is 38.2 Å². The van der Waals surface area contributed by atoms with E-state index < -0.39 is 0 Å². The number of piperidine rings is 1. The van der Waals surface area contributed by atoms with Gasteiger partial charge in [-0.1, -0.05) is 11.6 Å². The minimum absolute atomic E-state index is 0.117. The van der Waals surface area contributed by atoms with Crippen LogP contribution < -0.4 is 20.1 Å². The Balaban J connectivity index is 1.26. The first kappa shape index (κ1) is 18.4. The van der Waals surface area contributed by atoms with Crippen molar-refractivity contribution in [2.24, 2.45) is 5.92 Å². The third-order valence-corrected chi connectivity index (χ3v) is 5.47. The van der Waals surface area contributed by atoms with E-state index in [-0.39, 0.29) is 23.8 Å². The Kier molecular flexibility index (Phi) is 5.41. The van der Waals surface area contributed by atoms with Crippen LogP contribution in [0.1, 0.15) is 25.7 Å². The van der Waals surface area contributed by atoms with Crippen LogP contribution in [0, 0.1) is 5.92 Å². The molecule has 146 valence electrons. The fourth-order valence-corrected chi connectivity index (χ4v) is 3.65. The van der Waals surface area contributed by atoms with Gasteiger partial charge in [-0.25, -0.2) is 0 Å². The maximum absolute atomic E-state index is 12.4. The van der Waals surface area contributed by atoms with Crippen LogP contribution in [0.15, 0.2) is 12.1 Å². The van der Waals surface area contributed by atoms with Crippen LogP contribution in [0.2, 0.25) is 5.02 Å². The summed E-state index contributed by atoms with van der Waals surface area (Å²) in [5.41, 5.74) is 0.525. The second-order valence-corrected chi connectivity index (χ2v) is 7.76. The van der Waals surface area contributed by atoms with Gasteiger partial charge in [-0.2, -0.15) is 0 Å². The molecule has 3 aliphatic rings. The summed E-state index contributed by atoms with van der Waals surface area (Å²) in [5, 5.41) is 6.40. The lowest BCUT2D eigenvalue weighted by molar-refractivity contribution is -0.123. The first-order valence-corrected chi connectivity index (χ1v) is 9.88. The SMILES string of the molecule is O=C(CN1CCC(NC(=O)C2CC2)CC1)Nc1cc2c(cc1Cl)OCCO2. The summed E-state index contributed by atoms with van der Waals surface area (Å²) in [7, 11) is 0. The molecule has 8 heteroatoms. The second-order valence-electron chi connectivity index (χ2n) is 7.36. The molecule has 7 nitrogen and oxygen atoms in total. The highest BCUT2D eigenvalue weighted by molar-refractivity contribution is 6.34. The van der Waals surface area contributed by atoms with Crippen molar-refractivity contribution >= 4 is 29.1 Å². The molecule has 2 amide bonds. The molecule has 2 aliphatic heterocycles. The second kappa shape index (κ2) is 7.94. The Morgan fingerprint density at radius 3 is 2.41 bits per heavy atom. The smallest absolute Gasteiger partial charge is 0.238 e. The van der Waals surface area contributed by atoms with E-state index in [0.29, 0.717) is 42.0 Å². The molecule has 0 spiro atoms. The average Bonchev–Trinajstić information content (AvgIpc) is 3.49. The number of amides is 2. The Labute approximate surface area is 163 Å². The lowest BCUT2D eigenvalue weighted by atomic mass is 10.0. The number of nitrogens with one attached hydrogen (secondary N) is 2. The number of rotatable bonds is 5. The lowest BCUT2D eigenvalue weighted by Gasteiger charge is -2.32. The summed E-state index contributed by atoms with van der Waals surface area (Å²) < 4.78 is 11.0. The number of likely N-dealkylation sites (tertiary alicyclic amines) is 1. The number of carbonyl (C=O) groups is 2. The van der Waals surface area contributed by atoms with Gasteiger partial charge in [0.2, 0.25) is 11.8 Å². The fraction of sp³-hybridized carbons (Fsp3) is 0.579. The monoisotopic (exact) mass is 393 g/mol. The summed E-state index contributed by atoms with van der Waals surface area (Å²) in [5.74, 6) is 1.51. The molecule has 2 N–H and O–H groups in total. The van der Waals surface area contributed by atoms with Crippen LogP contribution in [0.5, 0.6) is 11.5 Å². The van der Waals surface area contributed by atoms with Crippen molar-refractivity contribution < 1.29 is 19.1 Å². The van der Waals surface area contributed by atoms with Crippen molar-refractivity contribution in [1.29, 1.82) is 0 Å². The highest BCUT2D eigenvalue weighted by Gasteiger charge is 2.32. The third kappa shape index (κ3) is 4.65. The zero-order chi connectivity index (χ0) is 18.8. The summed E-state index contributed by atoms with van der Waals surface area (Å²) in [6.45, 7) is 2.85. The molecular weight excluding hydrogens is 370 g/mol. The maximum atomic E-state index is 12.4. The molecule has 1 aromatic rings. The van der Waals surface area contributed by atoms with Gasteiger partial charge in [-0.3, -0.25) is 14.5 Å². The molecule has 27 heavy (non-hydrogen) atoms. The summed E-state index contributed by atoms with van der Waals surface area (Å²) >= 11 is 6.24. The molecule has 1 aromatic carbocycles. The molecule has 2 heterocycles. The van der Waals surface area contributed by atoms with Crippen molar-refractivity contribution in [3.05, 3.63) is 17.2 Å². The van der Waals surface area contributed by atoms with Gasteiger partial charge in [0, 0.05) is 37.2 Å². The largest absolute Gasteiger partial charge is 0.486 e. The van der Waals surface area contributed by atoms with Gasteiger partial charge in [0.1, 0.15) is 13.2 Å². The van der Waals surface area contributed by atoms with E-state index in [0.717, 1.165) is 38.8 Å². The molecule has 1 saturated heterocycles. The van der Waals surface area contributed by atoms with E-state index in [1.807, 2.05) is 0 Å². The highest BCUT2D eigenvalue weighted by atomic mass is 35.5.